The Kier molecular flexibility index (Phi) is 6.59. The van der Waals surface area contributed by atoms with Crippen LogP contribution in [0.4, 0.5) is 5.69 Å². The van der Waals surface area contributed by atoms with E-state index < -0.39 is 0 Å². The number of amides is 1. The number of hydrogen-bond donors (Lipinski definition) is 2. The summed E-state index contributed by atoms with van der Waals surface area (Å²) in [6.45, 7) is 0. The van der Waals surface area contributed by atoms with Crippen molar-refractivity contribution < 1.29 is 9.53 Å². The topological polar surface area (TPSA) is 64.3 Å². The van der Waals surface area contributed by atoms with E-state index in [4.69, 9.17) is 22.1 Å². The first-order valence-corrected chi connectivity index (χ1v) is 6.87. The first-order valence-electron chi connectivity index (χ1n) is 6.49. The number of carbonyl (C=O) groups excluding carboxylic acids is 1. The Bertz CT molecular complexity index is 468. The zero-order valence-corrected chi connectivity index (χ0v) is 13.0. The van der Waals surface area contributed by atoms with Crippen LogP contribution in [0.3, 0.4) is 0 Å². The van der Waals surface area contributed by atoms with Crippen molar-refractivity contribution in [2.45, 2.75) is 31.7 Å². The maximum absolute atomic E-state index is 12.0. The summed E-state index contributed by atoms with van der Waals surface area (Å²) in [5.74, 6) is 0.737. The van der Waals surface area contributed by atoms with E-state index in [1.807, 2.05) is 0 Å². The van der Waals surface area contributed by atoms with E-state index in [1.165, 1.54) is 7.11 Å². The average molecular weight is 319 g/mol. The fraction of sp³-hybridized carbons (Fsp3) is 0.500. The van der Waals surface area contributed by atoms with Gasteiger partial charge < -0.3 is 15.8 Å². The molecule has 6 heteroatoms. The molecule has 0 bridgehead atoms. The molecular formula is C14H20Cl2N2O2. The summed E-state index contributed by atoms with van der Waals surface area (Å²) in [5, 5.41) is 3.33. The fourth-order valence-electron chi connectivity index (χ4n) is 2.57. The van der Waals surface area contributed by atoms with E-state index in [2.05, 4.69) is 5.32 Å². The van der Waals surface area contributed by atoms with Crippen molar-refractivity contribution in [1.29, 1.82) is 0 Å². The molecule has 1 aromatic carbocycles. The lowest BCUT2D eigenvalue weighted by molar-refractivity contribution is -0.117. The summed E-state index contributed by atoms with van der Waals surface area (Å²) in [6, 6.07) is 5.43. The van der Waals surface area contributed by atoms with Gasteiger partial charge in [-0.2, -0.15) is 0 Å². The second kappa shape index (κ2) is 7.72. The van der Waals surface area contributed by atoms with Gasteiger partial charge in [0.15, 0.2) is 5.75 Å². The standard InChI is InChI=1S/C14H19ClN2O2.ClH/c1-19-14-10(15)5-3-7-12(14)17-13(18)8-9-4-2-6-11(9)16;/h3,5,7,9,11H,2,4,6,8,16H2,1H3,(H,17,18);1H/t9-,11+;/m0./s1. The van der Waals surface area contributed by atoms with Crippen LogP contribution < -0.4 is 15.8 Å². The quantitative estimate of drug-likeness (QED) is 0.895. The van der Waals surface area contributed by atoms with Gasteiger partial charge in [0, 0.05) is 12.5 Å². The number of nitrogens with one attached hydrogen (secondary N) is 1. The molecule has 2 atom stereocenters. The van der Waals surface area contributed by atoms with Crippen molar-refractivity contribution >= 4 is 35.6 Å². The Hall–Kier alpha value is -0.970. The third-order valence-corrected chi connectivity index (χ3v) is 3.91. The molecule has 0 radical (unpaired) electrons. The molecule has 0 heterocycles. The number of carbonyl (C=O) groups is 1. The van der Waals surface area contributed by atoms with Crippen LogP contribution in [0.2, 0.25) is 5.02 Å². The first kappa shape index (κ1) is 17.1. The smallest absolute Gasteiger partial charge is 0.224 e. The molecule has 3 N–H and O–H groups in total. The molecule has 112 valence electrons. The van der Waals surface area contributed by atoms with Crippen LogP contribution in [0.5, 0.6) is 5.75 Å². The van der Waals surface area contributed by atoms with Gasteiger partial charge in [-0.25, -0.2) is 0 Å². The molecule has 20 heavy (non-hydrogen) atoms. The van der Waals surface area contributed by atoms with Gasteiger partial charge in [-0.05, 0) is 30.9 Å². The summed E-state index contributed by atoms with van der Waals surface area (Å²) in [7, 11) is 1.53. The van der Waals surface area contributed by atoms with Gasteiger partial charge in [-0.3, -0.25) is 4.79 Å². The highest BCUT2D eigenvalue weighted by molar-refractivity contribution is 6.32. The minimum Gasteiger partial charge on any atom is -0.493 e. The van der Waals surface area contributed by atoms with E-state index >= 15 is 0 Å². The third kappa shape index (κ3) is 4.01. The van der Waals surface area contributed by atoms with Crippen LogP contribution in [0, 0.1) is 5.92 Å². The zero-order valence-electron chi connectivity index (χ0n) is 11.4. The predicted octanol–water partition coefficient (Wildman–Crippen LogP) is 3.23. The molecule has 0 aliphatic heterocycles. The summed E-state index contributed by atoms with van der Waals surface area (Å²) >= 11 is 6.01. The molecular weight excluding hydrogens is 299 g/mol. The summed E-state index contributed by atoms with van der Waals surface area (Å²) in [6.07, 6.45) is 3.61. The molecule has 0 saturated heterocycles. The second-order valence-electron chi connectivity index (χ2n) is 4.93. The van der Waals surface area contributed by atoms with E-state index in [0.717, 1.165) is 19.3 Å². The molecule has 0 unspecified atom stereocenters. The van der Waals surface area contributed by atoms with Crippen LogP contribution in [-0.2, 0) is 4.79 Å². The number of halogens is 2. The third-order valence-electron chi connectivity index (χ3n) is 3.61. The maximum Gasteiger partial charge on any atom is 0.224 e. The van der Waals surface area contributed by atoms with Gasteiger partial charge in [0.25, 0.3) is 0 Å². The number of benzene rings is 1. The highest BCUT2D eigenvalue weighted by Crippen LogP contribution is 2.33. The number of ether oxygens (including phenoxy) is 1. The number of nitrogens with two attached hydrogens (primary N) is 1. The van der Waals surface area contributed by atoms with Gasteiger partial charge in [-0.15, -0.1) is 12.4 Å². The predicted molar refractivity (Wildman–Crippen MR) is 83.8 cm³/mol. The first-order chi connectivity index (χ1) is 9.11. The lowest BCUT2D eigenvalue weighted by Crippen LogP contribution is -2.28. The summed E-state index contributed by atoms with van der Waals surface area (Å²) in [4.78, 5) is 12.0. The van der Waals surface area contributed by atoms with Crippen molar-refractivity contribution in [3.63, 3.8) is 0 Å². The van der Waals surface area contributed by atoms with E-state index in [9.17, 15) is 4.79 Å². The van der Waals surface area contributed by atoms with Gasteiger partial charge in [0.2, 0.25) is 5.91 Å². The van der Waals surface area contributed by atoms with Crippen molar-refractivity contribution in [2.24, 2.45) is 11.7 Å². The normalized spacial score (nSPS) is 21.1. The highest BCUT2D eigenvalue weighted by atomic mass is 35.5. The molecule has 4 nitrogen and oxygen atoms in total. The zero-order chi connectivity index (χ0) is 13.8. The summed E-state index contributed by atoms with van der Waals surface area (Å²) in [5.41, 5.74) is 6.58. The molecule has 1 fully saturated rings. The highest BCUT2D eigenvalue weighted by Gasteiger charge is 2.26. The van der Waals surface area contributed by atoms with Crippen LogP contribution in [0.1, 0.15) is 25.7 Å². The SMILES string of the molecule is COc1c(Cl)cccc1NC(=O)C[C@@H]1CCC[C@H]1N.Cl. The van der Waals surface area contributed by atoms with Crippen LogP contribution in [0.25, 0.3) is 0 Å². The van der Waals surface area contributed by atoms with Crippen LogP contribution in [0.15, 0.2) is 18.2 Å². The molecule has 1 amide bonds. The summed E-state index contributed by atoms with van der Waals surface area (Å²) < 4.78 is 5.20. The molecule has 1 aromatic rings. The lowest BCUT2D eigenvalue weighted by Gasteiger charge is -2.16. The van der Waals surface area contributed by atoms with Crippen molar-refractivity contribution in [3.8, 4) is 5.75 Å². The van der Waals surface area contributed by atoms with Crippen molar-refractivity contribution in [1.82, 2.24) is 0 Å². The van der Waals surface area contributed by atoms with Crippen LogP contribution in [-0.4, -0.2) is 19.1 Å². The number of methoxy groups -OCH3 is 1. The molecule has 1 saturated carbocycles. The van der Waals surface area contributed by atoms with E-state index in [-0.39, 0.29) is 30.3 Å². The Balaban J connectivity index is 0.00000200. The van der Waals surface area contributed by atoms with Crippen molar-refractivity contribution in [2.75, 3.05) is 12.4 Å². The Labute approximate surface area is 130 Å². The van der Waals surface area contributed by atoms with E-state index in [0.29, 0.717) is 22.9 Å². The number of para-hydroxylation sites is 1. The van der Waals surface area contributed by atoms with Gasteiger partial charge in [0.05, 0.1) is 17.8 Å². The van der Waals surface area contributed by atoms with Gasteiger partial charge in [0.1, 0.15) is 0 Å². The monoisotopic (exact) mass is 318 g/mol. The minimum atomic E-state index is -0.0390. The molecule has 1 aliphatic carbocycles. The number of anilines is 1. The molecule has 2 rings (SSSR count). The average Bonchev–Trinajstić information content (AvgIpc) is 2.75. The van der Waals surface area contributed by atoms with Crippen molar-refractivity contribution in [3.05, 3.63) is 23.2 Å². The number of rotatable bonds is 4. The largest absolute Gasteiger partial charge is 0.493 e. The Morgan fingerprint density at radius 3 is 2.85 bits per heavy atom. The van der Waals surface area contributed by atoms with Gasteiger partial charge >= 0.3 is 0 Å². The number of hydrogen-bond acceptors (Lipinski definition) is 3. The van der Waals surface area contributed by atoms with Crippen LogP contribution >= 0.6 is 24.0 Å². The van der Waals surface area contributed by atoms with E-state index in [1.54, 1.807) is 18.2 Å². The molecule has 1 aliphatic rings. The molecule has 0 spiro atoms. The van der Waals surface area contributed by atoms with Gasteiger partial charge in [-0.1, -0.05) is 24.1 Å². The second-order valence-corrected chi connectivity index (χ2v) is 5.33. The Morgan fingerprint density at radius 2 is 2.25 bits per heavy atom. The Morgan fingerprint density at radius 1 is 1.50 bits per heavy atom. The maximum atomic E-state index is 12.0. The molecule has 0 aromatic heterocycles. The fourth-order valence-corrected chi connectivity index (χ4v) is 2.82. The lowest BCUT2D eigenvalue weighted by atomic mass is 10.00. The minimum absolute atomic E-state index is 0.